The molecular weight excluding hydrogens is 431 g/mol. The molecule has 4 nitrogen and oxygen atoms in total. The molecule has 0 atom stereocenters. The third-order valence-corrected chi connectivity index (χ3v) is 5.17. The summed E-state index contributed by atoms with van der Waals surface area (Å²) < 4.78 is 24.6. The molecule has 2 aromatic rings. The van der Waals surface area contributed by atoms with Gasteiger partial charge in [0.2, 0.25) is 5.82 Å². The van der Waals surface area contributed by atoms with Gasteiger partial charge in [0.15, 0.2) is 0 Å². The molecular formula is C29H51FO4. The Balaban J connectivity index is 0. The van der Waals surface area contributed by atoms with Gasteiger partial charge in [-0.2, -0.15) is 4.39 Å². The van der Waals surface area contributed by atoms with Crippen LogP contribution in [0.1, 0.15) is 112 Å². The van der Waals surface area contributed by atoms with Gasteiger partial charge >= 0.3 is 5.63 Å². The molecule has 0 saturated heterocycles. The van der Waals surface area contributed by atoms with E-state index in [1.807, 2.05) is 34.6 Å². The summed E-state index contributed by atoms with van der Waals surface area (Å²) in [4.78, 5) is 11.6. The topological polar surface area (TPSA) is 59.7 Å². The van der Waals surface area contributed by atoms with E-state index in [4.69, 9.17) is 14.3 Å². The van der Waals surface area contributed by atoms with Crippen molar-refractivity contribution in [3.8, 4) is 5.75 Å². The minimum Gasteiger partial charge on any atom is -0.493 e. The van der Waals surface area contributed by atoms with Crippen LogP contribution in [0.2, 0.25) is 0 Å². The summed E-state index contributed by atoms with van der Waals surface area (Å²) in [6.07, 6.45) is 9.32. The normalized spacial score (nSPS) is 9.97. The van der Waals surface area contributed by atoms with Crippen molar-refractivity contribution >= 4 is 11.0 Å². The first kappa shape index (κ1) is 34.3. The lowest BCUT2D eigenvalue weighted by Gasteiger charge is -2.09. The Kier molecular flexibility index (Phi) is 23.1. The fourth-order valence-electron chi connectivity index (χ4n) is 2.95. The van der Waals surface area contributed by atoms with Crippen LogP contribution in [-0.4, -0.2) is 18.3 Å². The molecule has 0 saturated carbocycles. The maximum Gasteiger partial charge on any atom is 0.372 e. The molecule has 0 unspecified atom stereocenters. The first-order valence-electron chi connectivity index (χ1n) is 13.4. The molecule has 1 heterocycles. The van der Waals surface area contributed by atoms with Crippen molar-refractivity contribution in [1.29, 1.82) is 0 Å². The second-order valence-corrected chi connectivity index (χ2v) is 8.04. The summed E-state index contributed by atoms with van der Waals surface area (Å²) in [7, 11) is 0. The van der Waals surface area contributed by atoms with Gasteiger partial charge in [-0.15, -0.1) is 0 Å². The molecule has 0 amide bonds. The zero-order valence-corrected chi connectivity index (χ0v) is 23.1. The molecule has 34 heavy (non-hydrogen) atoms. The Morgan fingerprint density at radius 1 is 0.941 bits per heavy atom. The molecule has 0 aliphatic carbocycles. The van der Waals surface area contributed by atoms with Gasteiger partial charge in [0.05, 0.1) is 6.61 Å². The highest BCUT2D eigenvalue weighted by Crippen LogP contribution is 2.24. The molecule has 198 valence electrons. The second-order valence-electron chi connectivity index (χ2n) is 8.04. The zero-order valence-electron chi connectivity index (χ0n) is 23.1. The van der Waals surface area contributed by atoms with E-state index in [-0.39, 0.29) is 6.61 Å². The van der Waals surface area contributed by atoms with E-state index < -0.39 is 11.4 Å². The Morgan fingerprint density at radius 3 is 1.97 bits per heavy atom. The molecule has 1 aromatic carbocycles. The van der Waals surface area contributed by atoms with Gasteiger partial charge in [-0.3, -0.25) is 0 Å². The molecule has 0 radical (unpaired) electrons. The number of ether oxygens (including phenoxy) is 1. The highest BCUT2D eigenvalue weighted by molar-refractivity contribution is 5.81. The molecule has 0 fully saturated rings. The van der Waals surface area contributed by atoms with Crippen molar-refractivity contribution in [3.05, 3.63) is 40.0 Å². The average Bonchev–Trinajstić information content (AvgIpc) is 2.86. The van der Waals surface area contributed by atoms with E-state index >= 15 is 0 Å². The van der Waals surface area contributed by atoms with Crippen LogP contribution >= 0.6 is 0 Å². The van der Waals surface area contributed by atoms with Crippen LogP contribution in [0.15, 0.2) is 27.4 Å². The highest BCUT2D eigenvalue weighted by Gasteiger charge is 2.13. The van der Waals surface area contributed by atoms with E-state index in [0.29, 0.717) is 35.3 Å². The quantitative estimate of drug-likeness (QED) is 0.243. The Bertz CT molecular complexity index is 784. The third kappa shape index (κ3) is 14.4. The maximum atomic E-state index is 13.8. The number of rotatable bonds is 12. The summed E-state index contributed by atoms with van der Waals surface area (Å²) in [6, 6.07) is 5.19. The summed E-state index contributed by atoms with van der Waals surface area (Å²) in [5, 5.41) is 9.33. The maximum absolute atomic E-state index is 13.8. The molecule has 1 N–H and O–H groups in total. The van der Waals surface area contributed by atoms with E-state index in [1.165, 1.54) is 25.7 Å². The molecule has 0 spiro atoms. The van der Waals surface area contributed by atoms with Crippen molar-refractivity contribution in [1.82, 2.24) is 0 Å². The number of aryl methyl sites for hydroxylation is 1. The third-order valence-electron chi connectivity index (χ3n) is 5.17. The molecule has 0 aliphatic rings. The van der Waals surface area contributed by atoms with Crippen molar-refractivity contribution < 1.29 is 18.7 Å². The predicted molar refractivity (Wildman–Crippen MR) is 145 cm³/mol. The highest BCUT2D eigenvalue weighted by atomic mass is 19.1. The minimum atomic E-state index is -0.928. The molecule has 2 rings (SSSR count). The first-order chi connectivity index (χ1) is 16.4. The Labute approximate surface area is 207 Å². The number of aliphatic hydroxyl groups excluding tert-OH is 1. The second kappa shape index (κ2) is 22.9. The fraction of sp³-hybridized carbons (Fsp3) is 0.690. The number of fused-ring (bicyclic) bond motifs is 1. The van der Waals surface area contributed by atoms with Gasteiger partial charge in [0, 0.05) is 23.6 Å². The van der Waals surface area contributed by atoms with Crippen molar-refractivity contribution in [3.63, 3.8) is 0 Å². The fourth-order valence-corrected chi connectivity index (χ4v) is 2.95. The monoisotopic (exact) mass is 482 g/mol. The van der Waals surface area contributed by atoms with Crippen LogP contribution in [-0.2, 0) is 6.42 Å². The number of hydrogen-bond donors (Lipinski definition) is 1. The molecule has 0 aliphatic heterocycles. The largest absolute Gasteiger partial charge is 0.493 e. The average molecular weight is 483 g/mol. The zero-order chi connectivity index (χ0) is 26.4. The standard InChI is InChI=1S/C20H27FO4.C5H12.2C2H6/c1-2-16-17-11-10-15(14-18(17)25-20(23)19(16)21)24-13-9-7-5-3-4-6-8-12-22;1-4-5(2)3;2*1-2/h10-11,14,22H,2-9,12-13H2,1H3;5H,4H2,1-3H3;2*1-2H3. The molecule has 5 heteroatoms. The lowest BCUT2D eigenvalue weighted by Crippen LogP contribution is -2.09. The Hall–Kier alpha value is -1.88. The lowest BCUT2D eigenvalue weighted by atomic mass is 10.1. The van der Waals surface area contributed by atoms with Crippen molar-refractivity contribution in [2.24, 2.45) is 5.92 Å². The smallest absolute Gasteiger partial charge is 0.372 e. The van der Waals surface area contributed by atoms with Crippen LogP contribution in [0, 0.1) is 11.7 Å². The van der Waals surface area contributed by atoms with Crippen LogP contribution in [0.4, 0.5) is 4.39 Å². The van der Waals surface area contributed by atoms with Gasteiger partial charge in [0.25, 0.3) is 0 Å². The summed E-state index contributed by atoms with van der Waals surface area (Å²) in [5.74, 6) is 0.713. The minimum absolute atomic E-state index is 0.284. The lowest BCUT2D eigenvalue weighted by molar-refractivity contribution is 0.281. The number of aliphatic hydroxyl groups is 1. The SMILES string of the molecule is CC.CC.CCC(C)C.CCc1c(F)c(=O)oc2cc(OCCCCCCCCCO)ccc12. The van der Waals surface area contributed by atoms with Gasteiger partial charge in [-0.05, 0) is 37.3 Å². The van der Waals surface area contributed by atoms with E-state index in [9.17, 15) is 9.18 Å². The Morgan fingerprint density at radius 2 is 1.47 bits per heavy atom. The first-order valence-corrected chi connectivity index (χ1v) is 13.4. The van der Waals surface area contributed by atoms with Crippen LogP contribution in [0.5, 0.6) is 5.75 Å². The van der Waals surface area contributed by atoms with Crippen LogP contribution in [0.3, 0.4) is 0 Å². The summed E-state index contributed by atoms with van der Waals surface area (Å²) in [5.41, 5.74) is -0.175. The van der Waals surface area contributed by atoms with E-state index in [2.05, 4.69) is 20.8 Å². The van der Waals surface area contributed by atoms with Gasteiger partial charge < -0.3 is 14.3 Å². The number of hydrogen-bond acceptors (Lipinski definition) is 4. The number of benzene rings is 1. The molecule has 0 bridgehead atoms. The van der Waals surface area contributed by atoms with Crippen molar-refractivity contribution in [2.45, 2.75) is 113 Å². The van der Waals surface area contributed by atoms with Crippen LogP contribution < -0.4 is 10.4 Å². The van der Waals surface area contributed by atoms with Crippen molar-refractivity contribution in [2.75, 3.05) is 13.2 Å². The van der Waals surface area contributed by atoms with E-state index in [1.54, 1.807) is 18.2 Å². The number of unbranched alkanes of at least 4 members (excludes halogenated alkanes) is 6. The molecule has 1 aromatic heterocycles. The van der Waals surface area contributed by atoms with Gasteiger partial charge in [-0.1, -0.05) is 93.9 Å². The summed E-state index contributed by atoms with van der Waals surface area (Å²) in [6.45, 7) is 17.3. The summed E-state index contributed by atoms with van der Waals surface area (Å²) >= 11 is 0. The predicted octanol–water partition coefficient (Wildman–Crippen LogP) is 8.70. The van der Waals surface area contributed by atoms with Gasteiger partial charge in [-0.25, -0.2) is 4.79 Å². The van der Waals surface area contributed by atoms with Crippen LogP contribution in [0.25, 0.3) is 11.0 Å². The van der Waals surface area contributed by atoms with Gasteiger partial charge in [0.1, 0.15) is 11.3 Å². The number of halogens is 1. The van der Waals surface area contributed by atoms with E-state index in [0.717, 1.165) is 31.6 Å².